The van der Waals surface area contributed by atoms with Crippen LogP contribution in [-0.2, 0) is 9.53 Å². The van der Waals surface area contributed by atoms with E-state index in [0.717, 1.165) is 45.4 Å². The highest BCUT2D eigenvalue weighted by Gasteiger charge is 2.29. The Kier molecular flexibility index (Phi) is 5.22. The Hall–Kier alpha value is -0.610. The summed E-state index contributed by atoms with van der Waals surface area (Å²) in [5.41, 5.74) is 0.430. The molecule has 1 heterocycles. The maximum absolute atomic E-state index is 12.0. The third-order valence-corrected chi connectivity index (χ3v) is 4.37. The summed E-state index contributed by atoms with van der Waals surface area (Å²) in [6.45, 7) is 9.05. The van der Waals surface area contributed by atoms with Gasteiger partial charge >= 0.3 is 5.97 Å². The highest BCUT2D eigenvalue weighted by atomic mass is 16.5. The molecule has 0 aromatic heterocycles. The maximum Gasteiger partial charge on any atom is 0.320 e. The van der Waals surface area contributed by atoms with E-state index < -0.39 is 0 Å². The fourth-order valence-corrected chi connectivity index (χ4v) is 2.96. The first-order chi connectivity index (χ1) is 9.05. The zero-order valence-electron chi connectivity index (χ0n) is 12.4. The van der Waals surface area contributed by atoms with Gasteiger partial charge in [0.05, 0.1) is 6.54 Å². The minimum absolute atomic E-state index is 0.0355. The summed E-state index contributed by atoms with van der Waals surface area (Å²) in [5, 5.41) is 3.35. The molecule has 0 aromatic carbocycles. The van der Waals surface area contributed by atoms with Crippen molar-refractivity contribution in [1.29, 1.82) is 0 Å². The number of esters is 1. The largest absolute Gasteiger partial charge is 0.461 e. The number of hydrogen-bond donors (Lipinski definition) is 1. The van der Waals surface area contributed by atoms with Gasteiger partial charge in [0.15, 0.2) is 0 Å². The summed E-state index contributed by atoms with van der Waals surface area (Å²) < 4.78 is 5.63. The third-order valence-electron chi connectivity index (χ3n) is 4.37. The van der Waals surface area contributed by atoms with Gasteiger partial charge in [0.25, 0.3) is 0 Å². The second-order valence-electron chi connectivity index (χ2n) is 6.73. The molecule has 2 aliphatic rings. The van der Waals surface area contributed by atoms with Crippen molar-refractivity contribution in [3.8, 4) is 0 Å². The van der Waals surface area contributed by atoms with Crippen molar-refractivity contribution in [2.45, 2.75) is 52.1 Å². The first-order valence-electron chi connectivity index (χ1n) is 7.68. The molecule has 0 spiro atoms. The molecule has 1 N–H and O–H groups in total. The number of nitrogens with zero attached hydrogens (tertiary/aromatic N) is 1. The van der Waals surface area contributed by atoms with Crippen LogP contribution in [0.2, 0.25) is 0 Å². The van der Waals surface area contributed by atoms with E-state index >= 15 is 0 Å². The molecular weight excluding hydrogens is 240 g/mol. The van der Waals surface area contributed by atoms with Crippen molar-refractivity contribution in [3.63, 3.8) is 0 Å². The predicted octanol–water partition coefficient (Wildman–Crippen LogP) is 1.79. The number of carbonyl (C=O) groups excluding carboxylic acids is 1. The van der Waals surface area contributed by atoms with Crippen LogP contribution in [-0.4, -0.2) is 49.7 Å². The molecule has 0 atom stereocenters. The molecule has 0 unspecified atom stereocenters. The Morgan fingerprint density at radius 1 is 1.26 bits per heavy atom. The normalized spacial score (nSPS) is 25.8. The second-order valence-corrected chi connectivity index (χ2v) is 6.73. The molecule has 4 nitrogen and oxygen atoms in total. The van der Waals surface area contributed by atoms with Crippen molar-refractivity contribution in [3.05, 3.63) is 0 Å². The van der Waals surface area contributed by atoms with Gasteiger partial charge in [-0.25, -0.2) is 0 Å². The van der Waals surface area contributed by atoms with Gasteiger partial charge in [-0.2, -0.15) is 0 Å². The number of hydrogen-bond acceptors (Lipinski definition) is 4. The van der Waals surface area contributed by atoms with Crippen LogP contribution >= 0.6 is 0 Å². The van der Waals surface area contributed by atoms with Crippen LogP contribution in [0.1, 0.15) is 46.0 Å². The lowest BCUT2D eigenvalue weighted by molar-refractivity contribution is -0.152. The minimum Gasteiger partial charge on any atom is -0.461 e. The molecule has 19 heavy (non-hydrogen) atoms. The molecule has 0 aromatic rings. The van der Waals surface area contributed by atoms with E-state index in [1.807, 2.05) is 0 Å². The lowest BCUT2D eigenvalue weighted by Crippen LogP contribution is -2.36. The fourth-order valence-electron chi connectivity index (χ4n) is 2.96. The zero-order chi connectivity index (χ0) is 13.7. The topological polar surface area (TPSA) is 41.6 Å². The summed E-state index contributed by atoms with van der Waals surface area (Å²) >= 11 is 0. The fraction of sp³-hybridized carbons (Fsp3) is 0.933. The summed E-state index contributed by atoms with van der Waals surface area (Å²) in [4.78, 5) is 14.2. The summed E-state index contributed by atoms with van der Waals surface area (Å²) in [5.74, 6) is -0.0355. The van der Waals surface area contributed by atoms with Crippen molar-refractivity contribution in [1.82, 2.24) is 10.2 Å². The molecule has 4 heteroatoms. The average Bonchev–Trinajstić information content (AvgIpc) is 2.60. The molecule has 0 radical (unpaired) electrons. The standard InChI is InChI=1S/C15H28N2O2/c1-15(2)6-4-13(5-7-15)19-14(18)12-17-10-3-8-16-9-11-17/h13,16H,3-12H2,1-2H3. The predicted molar refractivity (Wildman–Crippen MR) is 76.1 cm³/mol. The molecule has 2 fully saturated rings. The Labute approximate surface area is 116 Å². The maximum atomic E-state index is 12.0. The monoisotopic (exact) mass is 268 g/mol. The van der Waals surface area contributed by atoms with E-state index in [0.29, 0.717) is 12.0 Å². The Morgan fingerprint density at radius 3 is 2.74 bits per heavy atom. The van der Waals surface area contributed by atoms with Gasteiger partial charge in [0.2, 0.25) is 0 Å². The van der Waals surface area contributed by atoms with E-state index in [2.05, 4.69) is 24.1 Å². The van der Waals surface area contributed by atoms with Gasteiger partial charge in [-0.05, 0) is 50.6 Å². The first kappa shape index (κ1) is 14.8. The lowest BCUT2D eigenvalue weighted by atomic mass is 9.76. The third kappa shape index (κ3) is 5.11. The minimum atomic E-state index is -0.0355. The Morgan fingerprint density at radius 2 is 2.00 bits per heavy atom. The van der Waals surface area contributed by atoms with E-state index in [9.17, 15) is 4.79 Å². The van der Waals surface area contributed by atoms with Crippen LogP contribution in [0.5, 0.6) is 0 Å². The molecule has 1 saturated carbocycles. The van der Waals surface area contributed by atoms with Gasteiger partial charge in [0.1, 0.15) is 6.10 Å². The SMILES string of the molecule is CC1(C)CCC(OC(=O)CN2CCCNCC2)CC1. The quantitative estimate of drug-likeness (QED) is 0.793. The molecule has 1 aliphatic carbocycles. The van der Waals surface area contributed by atoms with Gasteiger partial charge < -0.3 is 10.1 Å². The van der Waals surface area contributed by atoms with E-state index in [-0.39, 0.29) is 12.1 Å². The number of ether oxygens (including phenoxy) is 1. The molecule has 110 valence electrons. The van der Waals surface area contributed by atoms with E-state index in [1.54, 1.807) is 0 Å². The van der Waals surface area contributed by atoms with Crippen LogP contribution in [0.3, 0.4) is 0 Å². The summed E-state index contributed by atoms with van der Waals surface area (Å²) in [7, 11) is 0. The highest BCUT2D eigenvalue weighted by Crippen LogP contribution is 2.36. The van der Waals surface area contributed by atoms with Crippen LogP contribution in [0.15, 0.2) is 0 Å². The molecule has 1 saturated heterocycles. The van der Waals surface area contributed by atoms with Crippen molar-refractivity contribution in [2.24, 2.45) is 5.41 Å². The van der Waals surface area contributed by atoms with Crippen molar-refractivity contribution >= 4 is 5.97 Å². The first-order valence-corrected chi connectivity index (χ1v) is 7.68. The van der Waals surface area contributed by atoms with Gasteiger partial charge in [-0.15, -0.1) is 0 Å². The van der Waals surface area contributed by atoms with Crippen molar-refractivity contribution in [2.75, 3.05) is 32.7 Å². The summed E-state index contributed by atoms with van der Waals surface area (Å²) in [6, 6.07) is 0. The highest BCUT2D eigenvalue weighted by molar-refractivity contribution is 5.71. The van der Waals surface area contributed by atoms with Gasteiger partial charge in [-0.3, -0.25) is 9.69 Å². The molecule has 2 rings (SSSR count). The van der Waals surface area contributed by atoms with Crippen LogP contribution in [0, 0.1) is 5.41 Å². The van der Waals surface area contributed by atoms with Crippen molar-refractivity contribution < 1.29 is 9.53 Å². The molecule has 0 bridgehead atoms. The van der Waals surface area contributed by atoms with Crippen LogP contribution in [0.4, 0.5) is 0 Å². The molecule has 1 aliphatic heterocycles. The summed E-state index contributed by atoms with van der Waals surface area (Å²) in [6.07, 6.45) is 5.66. The van der Waals surface area contributed by atoms with Gasteiger partial charge in [-0.1, -0.05) is 13.8 Å². The Balaban J connectivity index is 1.69. The number of nitrogens with one attached hydrogen (secondary N) is 1. The van der Waals surface area contributed by atoms with E-state index in [4.69, 9.17) is 4.74 Å². The molecular formula is C15H28N2O2. The van der Waals surface area contributed by atoms with Crippen LogP contribution in [0.25, 0.3) is 0 Å². The molecule has 0 amide bonds. The number of carbonyl (C=O) groups is 1. The average molecular weight is 268 g/mol. The lowest BCUT2D eigenvalue weighted by Gasteiger charge is -2.34. The van der Waals surface area contributed by atoms with Crippen LogP contribution < -0.4 is 5.32 Å². The Bertz CT molecular complexity index is 287. The zero-order valence-corrected chi connectivity index (χ0v) is 12.4. The second kappa shape index (κ2) is 6.71. The number of rotatable bonds is 3. The van der Waals surface area contributed by atoms with E-state index in [1.165, 1.54) is 12.8 Å². The van der Waals surface area contributed by atoms with Gasteiger partial charge in [0, 0.05) is 13.1 Å². The smallest absolute Gasteiger partial charge is 0.320 e.